The molecule has 0 radical (unpaired) electrons. The third-order valence-corrected chi connectivity index (χ3v) is 3.27. The van der Waals surface area contributed by atoms with Gasteiger partial charge in [-0.05, 0) is 28.8 Å². The van der Waals surface area contributed by atoms with Crippen molar-refractivity contribution >= 4 is 27.7 Å². The van der Waals surface area contributed by atoms with E-state index in [0.717, 1.165) is 23.9 Å². The van der Waals surface area contributed by atoms with Crippen molar-refractivity contribution in [1.29, 1.82) is 0 Å². The van der Waals surface area contributed by atoms with Crippen LogP contribution in [0.15, 0.2) is 10.7 Å². The fourth-order valence-electron chi connectivity index (χ4n) is 1.34. The van der Waals surface area contributed by atoms with Crippen molar-refractivity contribution in [2.24, 2.45) is 5.41 Å². The lowest BCUT2D eigenvalue weighted by molar-refractivity contribution is 0.219. The third kappa shape index (κ3) is 2.38. The fraction of sp³-hybridized carbons (Fsp3) is 0.556. The van der Waals surface area contributed by atoms with E-state index in [1.807, 2.05) is 0 Å². The molecule has 82 valence electrons. The molecule has 6 heteroatoms. The Morgan fingerprint density at radius 2 is 2.33 bits per heavy atom. The van der Waals surface area contributed by atoms with Crippen molar-refractivity contribution in [3.05, 3.63) is 10.7 Å². The van der Waals surface area contributed by atoms with Crippen molar-refractivity contribution < 1.29 is 5.11 Å². The zero-order chi connectivity index (χ0) is 10.9. The summed E-state index contributed by atoms with van der Waals surface area (Å²) in [5.41, 5.74) is 5.54. The lowest BCUT2D eigenvalue weighted by Crippen LogP contribution is -2.20. The highest BCUT2D eigenvalue weighted by atomic mass is 79.9. The van der Waals surface area contributed by atoms with Gasteiger partial charge < -0.3 is 16.2 Å². The number of hydrogen-bond donors (Lipinski definition) is 3. The zero-order valence-corrected chi connectivity index (χ0v) is 9.79. The molecule has 0 unspecified atom stereocenters. The van der Waals surface area contributed by atoms with Gasteiger partial charge in [0.2, 0.25) is 5.95 Å². The topological polar surface area (TPSA) is 84.1 Å². The molecule has 15 heavy (non-hydrogen) atoms. The number of anilines is 2. The minimum atomic E-state index is 0.0547. The van der Waals surface area contributed by atoms with Crippen LogP contribution in [-0.4, -0.2) is 28.2 Å². The van der Waals surface area contributed by atoms with Crippen LogP contribution < -0.4 is 11.1 Å². The highest BCUT2D eigenvalue weighted by Gasteiger charge is 2.41. The van der Waals surface area contributed by atoms with E-state index in [-0.39, 0.29) is 18.0 Å². The van der Waals surface area contributed by atoms with E-state index in [1.165, 1.54) is 0 Å². The van der Waals surface area contributed by atoms with Crippen LogP contribution in [0, 0.1) is 5.41 Å². The van der Waals surface area contributed by atoms with Gasteiger partial charge in [-0.3, -0.25) is 0 Å². The summed E-state index contributed by atoms with van der Waals surface area (Å²) in [7, 11) is 0. The molecule has 1 aromatic heterocycles. The Balaban J connectivity index is 2.01. The fourth-order valence-corrected chi connectivity index (χ4v) is 1.67. The van der Waals surface area contributed by atoms with Crippen LogP contribution in [-0.2, 0) is 0 Å². The second kappa shape index (κ2) is 3.94. The highest BCUT2D eigenvalue weighted by molar-refractivity contribution is 9.10. The third-order valence-electron chi connectivity index (χ3n) is 2.69. The van der Waals surface area contributed by atoms with Crippen LogP contribution >= 0.6 is 15.9 Å². The first-order valence-corrected chi connectivity index (χ1v) is 5.57. The van der Waals surface area contributed by atoms with Gasteiger partial charge in [0.15, 0.2) is 0 Å². The molecule has 0 saturated heterocycles. The van der Waals surface area contributed by atoms with Crippen molar-refractivity contribution in [2.45, 2.75) is 12.8 Å². The van der Waals surface area contributed by atoms with Gasteiger partial charge in [-0.25, -0.2) is 4.98 Å². The van der Waals surface area contributed by atoms with E-state index in [0.29, 0.717) is 5.82 Å². The van der Waals surface area contributed by atoms with E-state index in [1.54, 1.807) is 6.20 Å². The van der Waals surface area contributed by atoms with Gasteiger partial charge in [-0.1, -0.05) is 0 Å². The number of nitrogen functional groups attached to an aromatic ring is 1. The minimum absolute atomic E-state index is 0.0547. The first kappa shape index (κ1) is 10.6. The standard InChI is InChI=1S/C9H13BrN4O/c10-6-3-12-8(11)14-7(6)13-4-9(5-15)1-2-9/h3,15H,1-2,4-5H2,(H3,11,12,13,14). The van der Waals surface area contributed by atoms with Crippen LogP contribution in [0.3, 0.4) is 0 Å². The van der Waals surface area contributed by atoms with Gasteiger partial charge in [-0.15, -0.1) is 0 Å². The SMILES string of the molecule is Nc1ncc(Br)c(NCC2(CO)CC2)n1. The maximum absolute atomic E-state index is 9.15. The molecule has 4 N–H and O–H groups in total. The Morgan fingerprint density at radius 1 is 1.60 bits per heavy atom. The van der Waals surface area contributed by atoms with Crippen LogP contribution in [0.1, 0.15) is 12.8 Å². The first-order chi connectivity index (χ1) is 7.15. The molecule has 1 aliphatic rings. The summed E-state index contributed by atoms with van der Waals surface area (Å²) in [5.74, 6) is 0.928. The highest BCUT2D eigenvalue weighted by Crippen LogP contribution is 2.45. The molecule has 0 spiro atoms. The molecule has 1 heterocycles. The lowest BCUT2D eigenvalue weighted by Gasteiger charge is -2.13. The molecule has 5 nitrogen and oxygen atoms in total. The van der Waals surface area contributed by atoms with E-state index in [9.17, 15) is 0 Å². The van der Waals surface area contributed by atoms with Crippen molar-refractivity contribution in [1.82, 2.24) is 9.97 Å². The van der Waals surface area contributed by atoms with Gasteiger partial charge in [-0.2, -0.15) is 4.98 Å². The van der Waals surface area contributed by atoms with Crippen LogP contribution in [0.4, 0.5) is 11.8 Å². The maximum atomic E-state index is 9.15. The summed E-state index contributed by atoms with van der Waals surface area (Å²) in [6.07, 6.45) is 3.74. The summed E-state index contributed by atoms with van der Waals surface area (Å²) in [6.45, 7) is 0.941. The molecule has 0 atom stereocenters. The number of rotatable bonds is 4. The number of nitrogens with two attached hydrogens (primary N) is 1. The Labute approximate surface area is 96.2 Å². The number of aliphatic hydroxyl groups excluding tert-OH is 1. The molecule has 1 saturated carbocycles. The summed E-state index contributed by atoms with van der Waals surface area (Å²) in [5, 5.41) is 12.3. The molecule has 0 amide bonds. The summed E-state index contributed by atoms with van der Waals surface area (Å²) < 4.78 is 0.783. The van der Waals surface area contributed by atoms with Crippen LogP contribution in [0.5, 0.6) is 0 Å². The van der Waals surface area contributed by atoms with Crippen LogP contribution in [0.2, 0.25) is 0 Å². The summed E-state index contributed by atoms with van der Waals surface area (Å²) in [4.78, 5) is 7.91. The van der Waals surface area contributed by atoms with E-state index < -0.39 is 0 Å². The van der Waals surface area contributed by atoms with Crippen LogP contribution in [0.25, 0.3) is 0 Å². The molecule has 0 bridgehead atoms. The lowest BCUT2D eigenvalue weighted by atomic mass is 10.1. The Kier molecular flexibility index (Phi) is 2.79. The predicted octanol–water partition coefficient (Wildman–Crippen LogP) is 1.01. The Hall–Kier alpha value is -0.880. The van der Waals surface area contributed by atoms with E-state index in [2.05, 4.69) is 31.2 Å². The quantitative estimate of drug-likeness (QED) is 0.762. The predicted molar refractivity (Wildman–Crippen MR) is 61.4 cm³/mol. The molecule has 1 aliphatic carbocycles. The molecule has 1 aromatic rings. The van der Waals surface area contributed by atoms with Crippen molar-refractivity contribution in [3.8, 4) is 0 Å². The van der Waals surface area contributed by atoms with E-state index >= 15 is 0 Å². The second-order valence-corrected chi connectivity index (χ2v) is 4.79. The summed E-state index contributed by atoms with van der Waals surface area (Å²) >= 11 is 3.33. The average molecular weight is 273 g/mol. The second-order valence-electron chi connectivity index (χ2n) is 3.94. The van der Waals surface area contributed by atoms with E-state index in [4.69, 9.17) is 10.8 Å². The van der Waals surface area contributed by atoms with Crippen molar-refractivity contribution in [2.75, 3.05) is 24.2 Å². The normalized spacial score (nSPS) is 17.5. The van der Waals surface area contributed by atoms with Gasteiger partial charge in [0.25, 0.3) is 0 Å². The van der Waals surface area contributed by atoms with Gasteiger partial charge in [0, 0.05) is 18.2 Å². The maximum Gasteiger partial charge on any atom is 0.221 e. The molecule has 0 aliphatic heterocycles. The first-order valence-electron chi connectivity index (χ1n) is 4.78. The summed E-state index contributed by atoms with van der Waals surface area (Å²) in [6, 6.07) is 0. The monoisotopic (exact) mass is 272 g/mol. The zero-order valence-electron chi connectivity index (χ0n) is 8.20. The number of aromatic nitrogens is 2. The minimum Gasteiger partial charge on any atom is -0.396 e. The molecule has 0 aromatic carbocycles. The molecular weight excluding hydrogens is 260 g/mol. The molecular formula is C9H13BrN4O. The smallest absolute Gasteiger partial charge is 0.221 e. The number of halogens is 1. The number of aliphatic hydroxyl groups is 1. The van der Waals surface area contributed by atoms with Crippen molar-refractivity contribution in [3.63, 3.8) is 0 Å². The average Bonchev–Trinajstić information content (AvgIpc) is 3.00. The molecule has 1 fully saturated rings. The Bertz CT molecular complexity index is 367. The molecule has 2 rings (SSSR count). The Morgan fingerprint density at radius 3 is 2.93 bits per heavy atom. The van der Waals surface area contributed by atoms with Gasteiger partial charge >= 0.3 is 0 Å². The number of nitrogens with zero attached hydrogens (tertiary/aromatic N) is 2. The number of nitrogens with one attached hydrogen (secondary N) is 1. The largest absolute Gasteiger partial charge is 0.396 e. The van der Waals surface area contributed by atoms with Gasteiger partial charge in [0.05, 0.1) is 11.1 Å². The number of hydrogen-bond acceptors (Lipinski definition) is 5. The van der Waals surface area contributed by atoms with Gasteiger partial charge in [0.1, 0.15) is 5.82 Å².